The molecule has 1 saturated heterocycles. The van der Waals surface area contributed by atoms with Crippen LogP contribution in [0.1, 0.15) is 25.7 Å². The van der Waals surface area contributed by atoms with Crippen LogP contribution >= 0.6 is 0 Å². The summed E-state index contributed by atoms with van der Waals surface area (Å²) >= 11 is 0. The summed E-state index contributed by atoms with van der Waals surface area (Å²) in [5, 5.41) is 0. The van der Waals surface area contributed by atoms with Gasteiger partial charge >= 0.3 is 0 Å². The van der Waals surface area contributed by atoms with Crippen LogP contribution in [0.5, 0.6) is 0 Å². The van der Waals surface area contributed by atoms with Crippen LogP contribution in [0.25, 0.3) is 0 Å². The van der Waals surface area contributed by atoms with E-state index in [1.54, 1.807) is 0 Å². The predicted octanol–water partition coefficient (Wildman–Crippen LogP) is 1.12. The Bertz CT molecular complexity index is 102. The lowest BCUT2D eigenvalue weighted by Crippen LogP contribution is -2.37. The summed E-state index contributed by atoms with van der Waals surface area (Å²) in [6, 6.07) is 0. The van der Waals surface area contributed by atoms with Crippen molar-refractivity contribution in [2.45, 2.75) is 32.0 Å². The maximum Gasteiger partial charge on any atom is 0.154 e. The number of alkyl halides is 1. The maximum atomic E-state index is 13.1. The second kappa shape index (κ2) is 4.67. The topological polar surface area (TPSA) is 29.3 Å². The Kier molecular flexibility index (Phi) is 3.80. The van der Waals surface area contributed by atoms with Gasteiger partial charge in [0.05, 0.1) is 0 Å². The molecule has 1 unspecified atom stereocenters. The first kappa shape index (κ1) is 8.94. The van der Waals surface area contributed by atoms with Crippen LogP contribution in [-0.4, -0.2) is 30.8 Å². The molecule has 66 valence electrons. The minimum absolute atomic E-state index is 0.456. The largest absolute Gasteiger partial charge is 0.330 e. The molecule has 0 aromatic carbocycles. The SMILES string of the molecule is NCCC(F)N1CCCCC1. The molecule has 0 aromatic heterocycles. The Morgan fingerprint density at radius 2 is 1.91 bits per heavy atom. The van der Waals surface area contributed by atoms with E-state index in [2.05, 4.69) is 0 Å². The average molecular weight is 160 g/mol. The van der Waals surface area contributed by atoms with Crippen LogP contribution in [0.4, 0.5) is 4.39 Å². The zero-order valence-corrected chi connectivity index (χ0v) is 6.93. The molecule has 0 aromatic rings. The van der Waals surface area contributed by atoms with Gasteiger partial charge in [-0.2, -0.15) is 0 Å². The van der Waals surface area contributed by atoms with Gasteiger partial charge in [-0.05, 0) is 19.4 Å². The van der Waals surface area contributed by atoms with Crippen molar-refractivity contribution in [1.82, 2.24) is 4.90 Å². The minimum Gasteiger partial charge on any atom is -0.330 e. The molecule has 2 nitrogen and oxygen atoms in total. The third kappa shape index (κ3) is 2.75. The van der Waals surface area contributed by atoms with Gasteiger partial charge in [-0.25, -0.2) is 4.39 Å². The summed E-state index contributed by atoms with van der Waals surface area (Å²) in [4.78, 5) is 1.90. The molecule has 0 bridgehead atoms. The zero-order chi connectivity index (χ0) is 8.10. The number of piperidine rings is 1. The van der Waals surface area contributed by atoms with E-state index in [4.69, 9.17) is 5.73 Å². The van der Waals surface area contributed by atoms with Crippen molar-refractivity contribution in [3.8, 4) is 0 Å². The van der Waals surface area contributed by atoms with Crippen LogP contribution < -0.4 is 5.73 Å². The number of hydrogen-bond donors (Lipinski definition) is 1. The molecule has 0 saturated carbocycles. The fourth-order valence-electron chi connectivity index (χ4n) is 1.52. The highest BCUT2D eigenvalue weighted by Gasteiger charge is 2.18. The third-order valence-corrected chi connectivity index (χ3v) is 2.19. The number of likely N-dealkylation sites (tertiary alicyclic amines) is 1. The minimum atomic E-state index is -0.791. The van der Waals surface area contributed by atoms with Gasteiger partial charge in [0.15, 0.2) is 6.30 Å². The predicted molar refractivity (Wildman–Crippen MR) is 44.0 cm³/mol. The highest BCUT2D eigenvalue weighted by Crippen LogP contribution is 2.14. The molecular weight excluding hydrogens is 143 g/mol. The number of halogens is 1. The summed E-state index contributed by atoms with van der Waals surface area (Å²) < 4.78 is 13.1. The molecule has 1 aliphatic rings. The van der Waals surface area contributed by atoms with E-state index in [0.29, 0.717) is 13.0 Å². The van der Waals surface area contributed by atoms with Gasteiger partial charge in [-0.15, -0.1) is 0 Å². The average Bonchev–Trinajstić information content (AvgIpc) is 2.07. The number of rotatable bonds is 3. The first-order valence-corrected chi connectivity index (χ1v) is 4.43. The van der Waals surface area contributed by atoms with Crippen molar-refractivity contribution < 1.29 is 4.39 Å². The summed E-state index contributed by atoms with van der Waals surface area (Å²) in [5.41, 5.74) is 5.27. The van der Waals surface area contributed by atoms with Crippen molar-refractivity contribution in [2.24, 2.45) is 5.73 Å². The summed E-state index contributed by atoms with van der Waals surface area (Å²) in [6.45, 7) is 2.29. The molecular formula is C8H17FN2. The molecule has 0 amide bonds. The summed E-state index contributed by atoms with van der Waals surface area (Å²) in [6.07, 6.45) is 3.24. The Hall–Kier alpha value is -0.150. The van der Waals surface area contributed by atoms with Crippen molar-refractivity contribution >= 4 is 0 Å². The van der Waals surface area contributed by atoms with Gasteiger partial charge < -0.3 is 5.73 Å². The van der Waals surface area contributed by atoms with Gasteiger partial charge in [0.2, 0.25) is 0 Å². The van der Waals surface area contributed by atoms with Gasteiger partial charge in [0.1, 0.15) is 0 Å². The summed E-state index contributed by atoms with van der Waals surface area (Å²) in [7, 11) is 0. The lowest BCUT2D eigenvalue weighted by molar-refractivity contribution is 0.0592. The molecule has 3 heteroatoms. The monoisotopic (exact) mass is 160 g/mol. The van der Waals surface area contributed by atoms with Crippen LogP contribution in [0, 0.1) is 0 Å². The Balaban J connectivity index is 2.21. The fourth-order valence-corrected chi connectivity index (χ4v) is 1.52. The molecule has 1 fully saturated rings. The standard InChI is InChI=1S/C8H17FN2/c9-8(4-5-10)11-6-2-1-3-7-11/h8H,1-7,10H2. The van der Waals surface area contributed by atoms with Crippen LogP contribution in [0.3, 0.4) is 0 Å². The van der Waals surface area contributed by atoms with E-state index in [0.717, 1.165) is 25.9 Å². The van der Waals surface area contributed by atoms with Crippen LogP contribution in [0.2, 0.25) is 0 Å². The van der Waals surface area contributed by atoms with Gasteiger partial charge in [0, 0.05) is 19.5 Å². The lowest BCUT2D eigenvalue weighted by Gasteiger charge is -2.29. The van der Waals surface area contributed by atoms with Crippen molar-refractivity contribution in [3.63, 3.8) is 0 Å². The van der Waals surface area contributed by atoms with E-state index in [-0.39, 0.29) is 0 Å². The third-order valence-electron chi connectivity index (χ3n) is 2.19. The van der Waals surface area contributed by atoms with E-state index in [1.807, 2.05) is 4.90 Å². The van der Waals surface area contributed by atoms with Gasteiger partial charge in [-0.1, -0.05) is 6.42 Å². The number of hydrogen-bond acceptors (Lipinski definition) is 2. The highest BCUT2D eigenvalue weighted by atomic mass is 19.1. The quantitative estimate of drug-likeness (QED) is 0.627. The molecule has 1 heterocycles. The second-order valence-electron chi connectivity index (χ2n) is 3.11. The Labute approximate surface area is 67.6 Å². The first-order chi connectivity index (χ1) is 5.34. The highest BCUT2D eigenvalue weighted by molar-refractivity contribution is 4.67. The molecule has 0 spiro atoms. The lowest BCUT2D eigenvalue weighted by atomic mass is 10.1. The van der Waals surface area contributed by atoms with Crippen molar-refractivity contribution in [3.05, 3.63) is 0 Å². The van der Waals surface area contributed by atoms with E-state index >= 15 is 0 Å². The van der Waals surface area contributed by atoms with E-state index in [9.17, 15) is 4.39 Å². The van der Waals surface area contributed by atoms with Crippen molar-refractivity contribution in [2.75, 3.05) is 19.6 Å². The summed E-state index contributed by atoms with van der Waals surface area (Å²) in [5.74, 6) is 0. The van der Waals surface area contributed by atoms with Gasteiger partial charge in [0.25, 0.3) is 0 Å². The van der Waals surface area contributed by atoms with Crippen LogP contribution in [0.15, 0.2) is 0 Å². The van der Waals surface area contributed by atoms with Gasteiger partial charge in [-0.3, -0.25) is 4.90 Å². The van der Waals surface area contributed by atoms with Crippen LogP contribution in [-0.2, 0) is 0 Å². The molecule has 1 rings (SSSR count). The molecule has 0 aliphatic carbocycles. The fraction of sp³-hybridized carbons (Fsp3) is 1.00. The Morgan fingerprint density at radius 3 is 2.45 bits per heavy atom. The normalized spacial score (nSPS) is 23.5. The van der Waals surface area contributed by atoms with E-state index in [1.165, 1.54) is 6.42 Å². The molecule has 2 N–H and O–H groups in total. The Morgan fingerprint density at radius 1 is 1.27 bits per heavy atom. The van der Waals surface area contributed by atoms with Crippen molar-refractivity contribution in [1.29, 1.82) is 0 Å². The first-order valence-electron chi connectivity index (χ1n) is 4.43. The van der Waals surface area contributed by atoms with E-state index < -0.39 is 6.30 Å². The maximum absolute atomic E-state index is 13.1. The molecule has 0 radical (unpaired) electrons. The zero-order valence-electron chi connectivity index (χ0n) is 6.93. The second-order valence-corrected chi connectivity index (χ2v) is 3.11. The number of nitrogens with two attached hydrogens (primary N) is 1. The molecule has 1 aliphatic heterocycles. The smallest absolute Gasteiger partial charge is 0.154 e. The number of nitrogens with zero attached hydrogens (tertiary/aromatic N) is 1. The molecule has 11 heavy (non-hydrogen) atoms. The molecule has 1 atom stereocenters.